The molecule has 0 aliphatic rings. The standard InChI is InChI=1S/C12H14BrFN2O2S/c1-12(2,3)18-11(17)16-15-10(19)7-5-4-6-8(14)9(7)13/h4-6H,1-3H3,(H,15,19)(H,16,17). The van der Waals surface area contributed by atoms with Crippen LogP contribution in [0.15, 0.2) is 22.7 Å². The number of rotatable bonds is 1. The monoisotopic (exact) mass is 348 g/mol. The van der Waals surface area contributed by atoms with E-state index in [4.69, 9.17) is 17.0 Å². The molecule has 0 spiro atoms. The molecule has 0 bridgehead atoms. The van der Waals surface area contributed by atoms with Crippen molar-refractivity contribution in [2.75, 3.05) is 0 Å². The molecule has 0 saturated carbocycles. The van der Waals surface area contributed by atoms with Crippen LogP contribution in [0.1, 0.15) is 26.3 Å². The third-order valence-corrected chi connectivity index (χ3v) is 3.00. The number of hydrogen-bond acceptors (Lipinski definition) is 3. The number of halogens is 2. The van der Waals surface area contributed by atoms with Crippen molar-refractivity contribution in [1.29, 1.82) is 0 Å². The first kappa shape index (κ1) is 15.8. The zero-order valence-electron chi connectivity index (χ0n) is 10.7. The maximum absolute atomic E-state index is 13.3. The Hall–Kier alpha value is -1.21. The summed E-state index contributed by atoms with van der Waals surface area (Å²) in [6, 6.07) is 4.45. The Morgan fingerprint density at radius 2 is 2.00 bits per heavy atom. The summed E-state index contributed by atoms with van der Waals surface area (Å²) in [4.78, 5) is 11.6. The molecule has 0 aliphatic heterocycles. The summed E-state index contributed by atoms with van der Waals surface area (Å²) in [6.45, 7) is 5.23. The molecule has 7 heteroatoms. The summed E-state index contributed by atoms with van der Waals surface area (Å²) in [5.41, 5.74) is 4.62. The predicted octanol–water partition coefficient (Wildman–Crippen LogP) is 3.29. The molecule has 0 fully saturated rings. The molecule has 0 aliphatic carbocycles. The van der Waals surface area contributed by atoms with Gasteiger partial charge in [-0.05, 0) is 42.8 Å². The molecule has 0 saturated heterocycles. The number of benzene rings is 1. The lowest BCUT2D eigenvalue weighted by Crippen LogP contribution is -2.44. The molecule has 0 atom stereocenters. The van der Waals surface area contributed by atoms with Gasteiger partial charge in [0.05, 0.1) is 4.47 Å². The van der Waals surface area contributed by atoms with Crippen LogP contribution in [-0.2, 0) is 4.74 Å². The topological polar surface area (TPSA) is 50.4 Å². The fourth-order valence-electron chi connectivity index (χ4n) is 1.16. The van der Waals surface area contributed by atoms with E-state index in [1.807, 2.05) is 0 Å². The second-order valence-electron chi connectivity index (χ2n) is 4.68. The van der Waals surface area contributed by atoms with Crippen LogP contribution in [-0.4, -0.2) is 16.7 Å². The Labute approximate surface area is 124 Å². The van der Waals surface area contributed by atoms with Gasteiger partial charge in [-0.1, -0.05) is 24.4 Å². The van der Waals surface area contributed by atoms with Crippen molar-refractivity contribution in [2.24, 2.45) is 0 Å². The molecule has 1 amide bonds. The minimum atomic E-state index is -0.664. The van der Waals surface area contributed by atoms with Gasteiger partial charge in [-0.25, -0.2) is 14.6 Å². The van der Waals surface area contributed by atoms with E-state index in [0.29, 0.717) is 5.56 Å². The van der Waals surface area contributed by atoms with Gasteiger partial charge in [0.2, 0.25) is 0 Å². The second kappa shape index (κ2) is 6.29. The van der Waals surface area contributed by atoms with Gasteiger partial charge >= 0.3 is 6.09 Å². The molecule has 0 unspecified atom stereocenters. The number of hydrazine groups is 1. The zero-order valence-corrected chi connectivity index (χ0v) is 13.1. The van der Waals surface area contributed by atoms with Crippen LogP contribution in [0.5, 0.6) is 0 Å². The minimum Gasteiger partial charge on any atom is -0.443 e. The number of carbonyl (C=O) groups excluding carboxylic acids is 1. The molecule has 1 aromatic carbocycles. The first-order chi connectivity index (χ1) is 8.70. The molecular formula is C12H14BrFN2O2S. The molecule has 0 heterocycles. The lowest BCUT2D eigenvalue weighted by atomic mass is 10.2. The molecule has 2 N–H and O–H groups in total. The summed E-state index contributed by atoms with van der Waals surface area (Å²) >= 11 is 8.14. The molecule has 0 radical (unpaired) electrons. The number of hydrogen-bond donors (Lipinski definition) is 2. The first-order valence-electron chi connectivity index (χ1n) is 5.44. The lowest BCUT2D eigenvalue weighted by molar-refractivity contribution is 0.0513. The first-order valence-corrected chi connectivity index (χ1v) is 6.64. The third-order valence-electron chi connectivity index (χ3n) is 1.87. The lowest BCUT2D eigenvalue weighted by Gasteiger charge is -2.20. The molecule has 1 aromatic rings. The van der Waals surface area contributed by atoms with Crippen LogP contribution in [0.25, 0.3) is 0 Å². The van der Waals surface area contributed by atoms with Gasteiger partial charge < -0.3 is 4.74 Å². The summed E-state index contributed by atoms with van der Waals surface area (Å²) < 4.78 is 18.6. The molecule has 0 aromatic heterocycles. The normalized spacial score (nSPS) is 10.8. The highest BCUT2D eigenvalue weighted by molar-refractivity contribution is 9.10. The van der Waals surface area contributed by atoms with E-state index in [1.165, 1.54) is 12.1 Å². The average Bonchev–Trinajstić information content (AvgIpc) is 2.27. The Balaban J connectivity index is 2.61. The van der Waals surface area contributed by atoms with Gasteiger partial charge in [0.1, 0.15) is 16.4 Å². The summed E-state index contributed by atoms with van der Waals surface area (Å²) in [7, 11) is 0. The quantitative estimate of drug-likeness (QED) is 0.603. The van der Waals surface area contributed by atoms with Crippen LogP contribution < -0.4 is 10.9 Å². The largest absolute Gasteiger partial charge is 0.443 e. The summed E-state index contributed by atoms with van der Waals surface area (Å²) in [6.07, 6.45) is -0.664. The fraction of sp³-hybridized carbons (Fsp3) is 0.333. The van der Waals surface area contributed by atoms with Crippen molar-refractivity contribution in [3.63, 3.8) is 0 Å². The smallest absolute Gasteiger partial charge is 0.426 e. The Kier molecular flexibility index (Phi) is 5.25. The predicted molar refractivity (Wildman–Crippen MR) is 78.3 cm³/mol. The third kappa shape index (κ3) is 5.12. The van der Waals surface area contributed by atoms with Gasteiger partial charge in [-0.3, -0.25) is 5.43 Å². The van der Waals surface area contributed by atoms with Gasteiger partial charge in [0, 0.05) is 5.56 Å². The van der Waals surface area contributed by atoms with Gasteiger partial charge in [0.25, 0.3) is 0 Å². The molecule has 104 valence electrons. The van der Waals surface area contributed by atoms with E-state index in [2.05, 4.69) is 26.8 Å². The van der Waals surface area contributed by atoms with E-state index >= 15 is 0 Å². The fourth-order valence-corrected chi connectivity index (χ4v) is 1.97. The van der Waals surface area contributed by atoms with E-state index in [0.717, 1.165) is 0 Å². The summed E-state index contributed by atoms with van der Waals surface area (Å²) in [5.74, 6) is -0.432. The number of amides is 1. The number of nitrogens with one attached hydrogen (secondary N) is 2. The van der Waals surface area contributed by atoms with E-state index in [9.17, 15) is 9.18 Å². The van der Waals surface area contributed by atoms with E-state index in [-0.39, 0.29) is 9.46 Å². The number of ether oxygens (including phenoxy) is 1. The van der Waals surface area contributed by atoms with Crippen molar-refractivity contribution in [3.8, 4) is 0 Å². The van der Waals surface area contributed by atoms with E-state index in [1.54, 1.807) is 26.8 Å². The van der Waals surface area contributed by atoms with Gasteiger partial charge in [0.15, 0.2) is 0 Å². The Morgan fingerprint density at radius 1 is 1.37 bits per heavy atom. The highest BCUT2D eigenvalue weighted by Crippen LogP contribution is 2.20. The minimum absolute atomic E-state index is 0.178. The number of thiocarbonyl (C=S) groups is 1. The SMILES string of the molecule is CC(C)(C)OC(=O)NNC(=S)c1cccc(F)c1Br. The van der Waals surface area contributed by atoms with E-state index < -0.39 is 17.5 Å². The average molecular weight is 349 g/mol. The summed E-state index contributed by atoms with van der Waals surface area (Å²) in [5, 5.41) is 0. The van der Waals surface area contributed by atoms with Crippen LogP contribution in [0, 0.1) is 5.82 Å². The molecule has 4 nitrogen and oxygen atoms in total. The highest BCUT2D eigenvalue weighted by atomic mass is 79.9. The van der Waals surface area contributed by atoms with Crippen molar-refractivity contribution in [1.82, 2.24) is 10.9 Å². The van der Waals surface area contributed by atoms with Crippen LogP contribution in [0.3, 0.4) is 0 Å². The Morgan fingerprint density at radius 3 is 2.58 bits per heavy atom. The van der Waals surface area contributed by atoms with Gasteiger partial charge in [-0.15, -0.1) is 0 Å². The second-order valence-corrected chi connectivity index (χ2v) is 5.88. The van der Waals surface area contributed by atoms with Crippen LogP contribution in [0.4, 0.5) is 9.18 Å². The maximum Gasteiger partial charge on any atom is 0.426 e. The van der Waals surface area contributed by atoms with Crippen molar-refractivity contribution in [2.45, 2.75) is 26.4 Å². The Bertz CT molecular complexity index is 503. The molecular weight excluding hydrogens is 335 g/mol. The maximum atomic E-state index is 13.3. The van der Waals surface area contributed by atoms with Gasteiger partial charge in [-0.2, -0.15) is 0 Å². The van der Waals surface area contributed by atoms with Crippen LogP contribution in [0.2, 0.25) is 0 Å². The number of carbonyl (C=O) groups is 1. The van der Waals surface area contributed by atoms with Crippen molar-refractivity contribution >= 4 is 39.2 Å². The zero-order chi connectivity index (χ0) is 14.6. The van der Waals surface area contributed by atoms with Crippen molar-refractivity contribution in [3.05, 3.63) is 34.1 Å². The van der Waals surface area contributed by atoms with Crippen LogP contribution >= 0.6 is 28.1 Å². The highest BCUT2D eigenvalue weighted by Gasteiger charge is 2.16. The molecule has 19 heavy (non-hydrogen) atoms. The molecule has 1 rings (SSSR count). The van der Waals surface area contributed by atoms with Crippen molar-refractivity contribution < 1.29 is 13.9 Å².